The van der Waals surface area contributed by atoms with Crippen LogP contribution < -0.4 is 0 Å². The molecule has 0 aromatic heterocycles. The van der Waals surface area contributed by atoms with E-state index in [0.717, 1.165) is 22.3 Å². The molecule has 0 saturated heterocycles. The minimum absolute atomic E-state index is 0.521. The quantitative estimate of drug-likeness (QED) is 0.600. The lowest BCUT2D eigenvalue weighted by Gasteiger charge is -2.08. The number of carbonyl (C=O) groups excluding carboxylic acids is 1. The first-order valence-corrected chi connectivity index (χ1v) is 5.36. The van der Waals surface area contributed by atoms with Crippen LogP contribution in [-0.2, 0) is 9.68 Å². The summed E-state index contributed by atoms with van der Waals surface area (Å²) in [6.45, 7) is 0. The lowest BCUT2D eigenvalue weighted by molar-refractivity contribution is -0.235. The highest BCUT2D eigenvalue weighted by Crippen LogP contribution is 2.44. The zero-order valence-corrected chi connectivity index (χ0v) is 8.96. The molecule has 0 fully saturated rings. The maximum Gasteiger partial charge on any atom is 0.353 e. The Morgan fingerprint density at radius 2 is 1.41 bits per heavy atom. The maximum absolute atomic E-state index is 11.7. The summed E-state index contributed by atoms with van der Waals surface area (Å²) in [4.78, 5) is 15.6. The second-order valence-corrected chi connectivity index (χ2v) is 4.02. The summed E-state index contributed by atoms with van der Waals surface area (Å²) in [5.74, 6) is -1.16. The van der Waals surface area contributed by atoms with E-state index in [4.69, 9.17) is 5.26 Å². The molecule has 1 aliphatic carbocycles. The largest absolute Gasteiger partial charge is 0.353 e. The molecule has 0 heterocycles. The molecule has 0 amide bonds. The number of carbonyl (C=O) groups is 1. The van der Waals surface area contributed by atoms with Crippen LogP contribution in [-0.4, -0.2) is 11.2 Å². The van der Waals surface area contributed by atoms with Gasteiger partial charge in [0, 0.05) is 0 Å². The fraction of sp³-hybridized carbons (Fsp3) is 0.0714. The monoisotopic (exact) mass is 226 g/mol. The van der Waals surface area contributed by atoms with E-state index in [1.807, 2.05) is 48.5 Å². The van der Waals surface area contributed by atoms with E-state index in [0.29, 0.717) is 0 Å². The summed E-state index contributed by atoms with van der Waals surface area (Å²) in [6.07, 6.45) is 0. The van der Waals surface area contributed by atoms with Gasteiger partial charge in [-0.2, -0.15) is 5.26 Å². The van der Waals surface area contributed by atoms with Crippen LogP contribution in [0.2, 0.25) is 0 Å². The Kier molecular flexibility index (Phi) is 2.20. The van der Waals surface area contributed by atoms with Gasteiger partial charge in [-0.3, -0.25) is 4.89 Å². The molecule has 0 spiro atoms. The molecule has 0 radical (unpaired) electrons. The number of rotatable bonds is 1. The van der Waals surface area contributed by atoms with E-state index >= 15 is 0 Å². The molecule has 1 aliphatic rings. The molecule has 0 bridgehead atoms. The van der Waals surface area contributed by atoms with E-state index in [-0.39, 0.29) is 0 Å². The van der Waals surface area contributed by atoms with Gasteiger partial charge in [-0.25, -0.2) is 4.79 Å². The molecule has 2 aromatic carbocycles. The first kappa shape index (κ1) is 10.1. The number of hydrogen-bond donors (Lipinski definition) is 1. The molecule has 17 heavy (non-hydrogen) atoms. The van der Waals surface area contributed by atoms with Crippen LogP contribution in [0.25, 0.3) is 11.1 Å². The van der Waals surface area contributed by atoms with Gasteiger partial charge in [-0.15, -0.1) is 0 Å². The van der Waals surface area contributed by atoms with E-state index in [1.54, 1.807) is 0 Å². The smallest absolute Gasteiger partial charge is 0.300 e. The van der Waals surface area contributed by atoms with Crippen LogP contribution in [0.15, 0.2) is 48.5 Å². The first-order valence-electron chi connectivity index (χ1n) is 5.36. The molecule has 0 unspecified atom stereocenters. The highest BCUT2D eigenvalue weighted by atomic mass is 17.1. The van der Waals surface area contributed by atoms with Crippen LogP contribution >= 0.6 is 0 Å². The Morgan fingerprint density at radius 3 is 1.88 bits per heavy atom. The molecule has 84 valence electrons. The van der Waals surface area contributed by atoms with Crippen LogP contribution in [0.5, 0.6) is 0 Å². The molecular formula is C14H10O3. The lowest BCUT2D eigenvalue weighted by atomic mass is 9.97. The second-order valence-electron chi connectivity index (χ2n) is 4.02. The van der Waals surface area contributed by atoms with Crippen molar-refractivity contribution in [1.29, 1.82) is 0 Å². The normalized spacial score (nSPS) is 13.0. The molecule has 1 N–H and O–H groups in total. The maximum atomic E-state index is 11.7. The Hall–Kier alpha value is -2.13. The van der Waals surface area contributed by atoms with E-state index in [2.05, 4.69) is 4.89 Å². The van der Waals surface area contributed by atoms with E-state index in [1.165, 1.54) is 0 Å². The summed E-state index contributed by atoms with van der Waals surface area (Å²) in [7, 11) is 0. The zero-order valence-electron chi connectivity index (χ0n) is 8.96. The standard InChI is InChI=1S/C14H10O3/c15-14(17-16)13-11-7-3-1-5-9(11)10-6-2-4-8-12(10)13/h1-8,13,16H. The molecule has 0 aliphatic heterocycles. The summed E-state index contributed by atoms with van der Waals surface area (Å²) in [5, 5.41) is 8.60. The molecule has 3 rings (SSSR count). The highest BCUT2D eigenvalue weighted by Gasteiger charge is 2.34. The van der Waals surface area contributed by atoms with Crippen molar-refractivity contribution >= 4 is 5.97 Å². The van der Waals surface area contributed by atoms with Gasteiger partial charge in [0.1, 0.15) is 5.92 Å². The molecular weight excluding hydrogens is 216 g/mol. The summed E-state index contributed by atoms with van der Waals surface area (Å²) in [6, 6.07) is 15.3. The van der Waals surface area contributed by atoms with Crippen LogP contribution in [0.4, 0.5) is 0 Å². The van der Waals surface area contributed by atoms with Crippen molar-refractivity contribution in [2.75, 3.05) is 0 Å². The van der Waals surface area contributed by atoms with Crippen molar-refractivity contribution in [3.63, 3.8) is 0 Å². The van der Waals surface area contributed by atoms with E-state index < -0.39 is 11.9 Å². The van der Waals surface area contributed by atoms with Gasteiger partial charge in [-0.1, -0.05) is 48.5 Å². The number of benzene rings is 2. The molecule has 0 atom stereocenters. The average molecular weight is 226 g/mol. The van der Waals surface area contributed by atoms with Crippen molar-refractivity contribution < 1.29 is 14.9 Å². The average Bonchev–Trinajstić information content (AvgIpc) is 2.72. The van der Waals surface area contributed by atoms with Gasteiger partial charge < -0.3 is 0 Å². The molecule has 2 aromatic rings. The summed E-state index contributed by atoms with van der Waals surface area (Å²) < 4.78 is 0. The highest BCUT2D eigenvalue weighted by molar-refractivity contribution is 5.93. The van der Waals surface area contributed by atoms with Crippen molar-refractivity contribution in [1.82, 2.24) is 0 Å². The predicted octanol–water partition coefficient (Wildman–Crippen LogP) is 2.82. The van der Waals surface area contributed by atoms with E-state index in [9.17, 15) is 4.79 Å². The number of fused-ring (bicyclic) bond motifs is 3. The molecule has 0 saturated carbocycles. The van der Waals surface area contributed by atoms with Gasteiger partial charge in [0.25, 0.3) is 0 Å². The Balaban J connectivity index is 2.27. The van der Waals surface area contributed by atoms with Gasteiger partial charge in [0.2, 0.25) is 0 Å². The second kappa shape index (κ2) is 3.71. The summed E-state index contributed by atoms with van der Waals surface area (Å²) >= 11 is 0. The predicted molar refractivity (Wildman–Crippen MR) is 62.4 cm³/mol. The van der Waals surface area contributed by atoms with Crippen molar-refractivity contribution in [3.05, 3.63) is 59.7 Å². The topological polar surface area (TPSA) is 46.5 Å². The third-order valence-electron chi connectivity index (χ3n) is 3.16. The van der Waals surface area contributed by atoms with Gasteiger partial charge in [0.15, 0.2) is 0 Å². The number of hydrogen-bond acceptors (Lipinski definition) is 3. The minimum atomic E-state index is -0.637. The third kappa shape index (κ3) is 1.36. The van der Waals surface area contributed by atoms with Crippen LogP contribution in [0.1, 0.15) is 17.0 Å². The SMILES string of the molecule is O=C(OO)C1c2ccccc2-c2ccccc21. The molecule has 3 nitrogen and oxygen atoms in total. The van der Waals surface area contributed by atoms with Gasteiger partial charge in [-0.05, 0) is 22.3 Å². The molecule has 3 heteroatoms. The summed E-state index contributed by atoms with van der Waals surface area (Å²) in [5.41, 5.74) is 3.82. The minimum Gasteiger partial charge on any atom is -0.300 e. The Morgan fingerprint density at radius 1 is 0.941 bits per heavy atom. The Labute approximate surface area is 98.2 Å². The first-order chi connectivity index (χ1) is 8.33. The lowest BCUT2D eigenvalue weighted by Crippen LogP contribution is -2.13. The van der Waals surface area contributed by atoms with Crippen LogP contribution in [0, 0.1) is 0 Å². The third-order valence-corrected chi connectivity index (χ3v) is 3.16. The van der Waals surface area contributed by atoms with Gasteiger partial charge >= 0.3 is 5.97 Å². The Bertz CT molecular complexity index is 544. The van der Waals surface area contributed by atoms with Crippen molar-refractivity contribution in [3.8, 4) is 11.1 Å². The fourth-order valence-electron chi connectivity index (χ4n) is 2.46. The van der Waals surface area contributed by atoms with Crippen molar-refractivity contribution in [2.45, 2.75) is 5.92 Å². The zero-order chi connectivity index (χ0) is 11.8. The fourth-order valence-corrected chi connectivity index (χ4v) is 2.46. The van der Waals surface area contributed by atoms with Gasteiger partial charge in [0.05, 0.1) is 0 Å². The van der Waals surface area contributed by atoms with Crippen LogP contribution in [0.3, 0.4) is 0 Å². The van der Waals surface area contributed by atoms with Crippen molar-refractivity contribution in [2.24, 2.45) is 0 Å².